The SMILES string of the molecule is CN[C@H]1CCN2c3ccccc3CCc3cccc1c32. The highest BCUT2D eigenvalue weighted by Gasteiger charge is 2.29. The van der Waals surface area contributed by atoms with E-state index in [9.17, 15) is 0 Å². The van der Waals surface area contributed by atoms with Crippen molar-refractivity contribution in [3.05, 3.63) is 59.2 Å². The third kappa shape index (κ3) is 1.68. The Morgan fingerprint density at radius 1 is 1.00 bits per heavy atom. The van der Waals surface area contributed by atoms with Crippen LogP contribution in [-0.2, 0) is 12.8 Å². The van der Waals surface area contributed by atoms with Gasteiger partial charge in [-0.1, -0.05) is 36.4 Å². The van der Waals surface area contributed by atoms with E-state index in [1.165, 1.54) is 34.5 Å². The van der Waals surface area contributed by atoms with Crippen LogP contribution in [0.25, 0.3) is 0 Å². The van der Waals surface area contributed by atoms with E-state index in [-0.39, 0.29) is 0 Å². The van der Waals surface area contributed by atoms with Crippen LogP contribution in [0.3, 0.4) is 0 Å². The Balaban J connectivity index is 1.94. The van der Waals surface area contributed by atoms with E-state index in [2.05, 4.69) is 59.7 Å². The summed E-state index contributed by atoms with van der Waals surface area (Å²) < 4.78 is 0. The predicted octanol–water partition coefficient (Wildman–Crippen LogP) is 3.59. The number of para-hydroxylation sites is 2. The normalized spacial score (nSPS) is 20.1. The Bertz CT molecular complexity index is 648. The summed E-state index contributed by atoms with van der Waals surface area (Å²) >= 11 is 0. The molecule has 0 spiro atoms. The van der Waals surface area contributed by atoms with E-state index < -0.39 is 0 Å². The standard InChI is InChI=1S/C18H20N2/c1-19-16-11-12-20-17-8-3-2-5-13(17)9-10-14-6-4-7-15(16)18(14)20/h2-8,16,19H,9-12H2,1H3/t16-/m0/s1. The number of anilines is 2. The Labute approximate surface area is 120 Å². The Morgan fingerprint density at radius 3 is 2.70 bits per heavy atom. The van der Waals surface area contributed by atoms with Crippen molar-refractivity contribution < 1.29 is 0 Å². The maximum absolute atomic E-state index is 3.47. The van der Waals surface area contributed by atoms with E-state index in [1.807, 2.05) is 0 Å². The van der Waals surface area contributed by atoms with E-state index in [1.54, 1.807) is 0 Å². The van der Waals surface area contributed by atoms with Crippen LogP contribution in [0.15, 0.2) is 42.5 Å². The minimum absolute atomic E-state index is 0.492. The number of hydrogen-bond acceptors (Lipinski definition) is 2. The predicted molar refractivity (Wildman–Crippen MR) is 83.7 cm³/mol. The molecule has 0 fully saturated rings. The molecule has 20 heavy (non-hydrogen) atoms. The first-order chi connectivity index (χ1) is 9.88. The van der Waals surface area contributed by atoms with Crippen molar-refractivity contribution in [3.63, 3.8) is 0 Å². The van der Waals surface area contributed by atoms with Crippen LogP contribution in [0.2, 0.25) is 0 Å². The zero-order valence-electron chi connectivity index (χ0n) is 11.9. The van der Waals surface area contributed by atoms with E-state index in [4.69, 9.17) is 0 Å². The van der Waals surface area contributed by atoms with Gasteiger partial charge in [0.2, 0.25) is 0 Å². The van der Waals surface area contributed by atoms with Crippen LogP contribution >= 0.6 is 0 Å². The molecule has 0 bridgehead atoms. The molecule has 2 nitrogen and oxygen atoms in total. The fourth-order valence-electron chi connectivity index (χ4n) is 3.74. The highest BCUT2D eigenvalue weighted by Crippen LogP contribution is 2.43. The summed E-state index contributed by atoms with van der Waals surface area (Å²) in [5.41, 5.74) is 7.32. The molecule has 2 heteroatoms. The van der Waals surface area contributed by atoms with E-state index >= 15 is 0 Å². The van der Waals surface area contributed by atoms with Crippen molar-refractivity contribution in [3.8, 4) is 0 Å². The Hall–Kier alpha value is -1.80. The molecular formula is C18H20N2. The molecular weight excluding hydrogens is 244 g/mol. The fraction of sp³-hybridized carbons (Fsp3) is 0.333. The number of nitrogens with zero attached hydrogens (tertiary/aromatic N) is 1. The molecule has 4 rings (SSSR count). The van der Waals surface area contributed by atoms with Gasteiger partial charge in [0.15, 0.2) is 0 Å². The minimum atomic E-state index is 0.492. The molecule has 0 radical (unpaired) electrons. The van der Waals surface area contributed by atoms with Gasteiger partial charge in [0.05, 0.1) is 0 Å². The quantitative estimate of drug-likeness (QED) is 0.847. The summed E-state index contributed by atoms with van der Waals surface area (Å²) in [4.78, 5) is 2.54. The Morgan fingerprint density at radius 2 is 1.80 bits per heavy atom. The molecule has 102 valence electrons. The molecule has 0 unspecified atom stereocenters. The van der Waals surface area contributed by atoms with Gasteiger partial charge in [0, 0.05) is 24.0 Å². The number of aryl methyl sites for hydroxylation is 2. The zero-order chi connectivity index (χ0) is 13.5. The summed E-state index contributed by atoms with van der Waals surface area (Å²) in [5, 5.41) is 3.47. The first kappa shape index (κ1) is 12.0. The average Bonchev–Trinajstić information content (AvgIpc) is 2.67. The molecule has 0 saturated carbocycles. The highest BCUT2D eigenvalue weighted by molar-refractivity contribution is 5.75. The topological polar surface area (TPSA) is 15.3 Å². The van der Waals surface area contributed by atoms with E-state index in [0.29, 0.717) is 6.04 Å². The maximum Gasteiger partial charge on any atom is 0.0491 e. The van der Waals surface area contributed by atoms with E-state index in [0.717, 1.165) is 19.4 Å². The summed E-state index contributed by atoms with van der Waals surface area (Å²) in [6.45, 7) is 1.10. The maximum atomic E-state index is 3.47. The number of hydrogen-bond donors (Lipinski definition) is 1. The number of nitrogens with one attached hydrogen (secondary N) is 1. The first-order valence-electron chi connectivity index (χ1n) is 7.53. The second-order valence-corrected chi connectivity index (χ2v) is 5.77. The molecule has 0 saturated heterocycles. The van der Waals surface area contributed by atoms with Gasteiger partial charge < -0.3 is 10.2 Å². The molecule has 2 aliphatic rings. The lowest BCUT2D eigenvalue weighted by Gasteiger charge is -2.37. The van der Waals surface area contributed by atoms with Crippen LogP contribution < -0.4 is 10.2 Å². The molecule has 2 aromatic carbocycles. The molecule has 1 atom stereocenters. The summed E-state index contributed by atoms with van der Waals surface area (Å²) in [6.07, 6.45) is 3.46. The smallest absolute Gasteiger partial charge is 0.0491 e. The van der Waals surface area contributed by atoms with Gasteiger partial charge in [-0.15, -0.1) is 0 Å². The lowest BCUT2D eigenvalue weighted by Crippen LogP contribution is -2.32. The minimum Gasteiger partial charge on any atom is -0.341 e. The monoisotopic (exact) mass is 264 g/mol. The number of benzene rings is 2. The van der Waals surface area contributed by atoms with Crippen molar-refractivity contribution in [2.75, 3.05) is 18.5 Å². The van der Waals surface area contributed by atoms with Crippen molar-refractivity contribution in [2.24, 2.45) is 0 Å². The molecule has 0 aromatic heterocycles. The highest BCUT2D eigenvalue weighted by atomic mass is 15.2. The van der Waals surface area contributed by atoms with Gasteiger partial charge in [0.1, 0.15) is 0 Å². The second kappa shape index (κ2) is 4.64. The van der Waals surface area contributed by atoms with Crippen LogP contribution in [0.4, 0.5) is 11.4 Å². The summed E-state index contributed by atoms with van der Waals surface area (Å²) in [7, 11) is 2.07. The van der Waals surface area contributed by atoms with Crippen molar-refractivity contribution in [1.29, 1.82) is 0 Å². The van der Waals surface area contributed by atoms with Gasteiger partial charge in [-0.05, 0) is 49.1 Å². The summed E-state index contributed by atoms with van der Waals surface area (Å²) in [5.74, 6) is 0. The van der Waals surface area contributed by atoms with Crippen LogP contribution in [0.1, 0.15) is 29.2 Å². The lowest BCUT2D eigenvalue weighted by molar-refractivity contribution is 0.533. The van der Waals surface area contributed by atoms with Gasteiger partial charge >= 0.3 is 0 Å². The lowest BCUT2D eigenvalue weighted by atomic mass is 9.92. The molecule has 0 amide bonds. The fourth-order valence-corrected chi connectivity index (χ4v) is 3.74. The van der Waals surface area contributed by atoms with Crippen molar-refractivity contribution in [1.82, 2.24) is 5.32 Å². The van der Waals surface area contributed by atoms with Crippen LogP contribution in [-0.4, -0.2) is 13.6 Å². The molecule has 0 aliphatic carbocycles. The zero-order valence-corrected chi connectivity index (χ0v) is 11.9. The largest absolute Gasteiger partial charge is 0.341 e. The third-order valence-corrected chi connectivity index (χ3v) is 4.73. The molecule has 2 aromatic rings. The third-order valence-electron chi connectivity index (χ3n) is 4.73. The molecule has 2 aliphatic heterocycles. The van der Waals surface area contributed by atoms with Crippen LogP contribution in [0.5, 0.6) is 0 Å². The molecule has 1 N–H and O–H groups in total. The first-order valence-corrected chi connectivity index (χ1v) is 7.53. The summed E-state index contributed by atoms with van der Waals surface area (Å²) in [6, 6.07) is 16.2. The van der Waals surface area contributed by atoms with Crippen LogP contribution in [0, 0.1) is 0 Å². The van der Waals surface area contributed by atoms with Gasteiger partial charge in [-0.25, -0.2) is 0 Å². The Kier molecular flexibility index (Phi) is 2.78. The second-order valence-electron chi connectivity index (χ2n) is 5.77. The number of rotatable bonds is 1. The van der Waals surface area contributed by atoms with Crippen molar-refractivity contribution >= 4 is 11.4 Å². The molecule has 2 heterocycles. The van der Waals surface area contributed by atoms with Gasteiger partial charge in [-0.3, -0.25) is 0 Å². The van der Waals surface area contributed by atoms with Gasteiger partial charge in [-0.2, -0.15) is 0 Å². The average molecular weight is 264 g/mol. The van der Waals surface area contributed by atoms with Crippen molar-refractivity contribution in [2.45, 2.75) is 25.3 Å². The van der Waals surface area contributed by atoms with Gasteiger partial charge in [0.25, 0.3) is 0 Å². The number of fused-ring (bicyclic) bond motifs is 2.